The normalized spacial score (nSPS) is 30.6. The molecular formula is C17H24N4OS. The lowest BCUT2D eigenvalue weighted by atomic mass is 9.79. The molecule has 0 radical (unpaired) electrons. The highest BCUT2D eigenvalue weighted by atomic mass is 32.1. The van der Waals surface area contributed by atoms with Crippen LogP contribution in [0.2, 0.25) is 0 Å². The van der Waals surface area contributed by atoms with Crippen molar-refractivity contribution < 1.29 is 4.74 Å². The molecule has 0 amide bonds. The van der Waals surface area contributed by atoms with Crippen LogP contribution < -0.4 is 5.32 Å². The smallest absolute Gasteiger partial charge is 0.106 e. The lowest BCUT2D eigenvalue weighted by Gasteiger charge is -2.45. The summed E-state index contributed by atoms with van der Waals surface area (Å²) in [5, 5.41) is 12.1. The molecule has 1 spiro atoms. The fraction of sp³-hybridized carbons (Fsp3) is 0.647. The monoisotopic (exact) mass is 332 g/mol. The van der Waals surface area contributed by atoms with E-state index in [0.717, 1.165) is 38.0 Å². The Labute approximate surface area is 141 Å². The van der Waals surface area contributed by atoms with Crippen molar-refractivity contribution in [1.29, 1.82) is 0 Å². The summed E-state index contributed by atoms with van der Waals surface area (Å²) in [6.45, 7) is 5.31. The first-order chi connectivity index (χ1) is 11.1. The van der Waals surface area contributed by atoms with Crippen LogP contribution in [-0.4, -0.2) is 27.6 Å². The second-order valence-electron chi connectivity index (χ2n) is 6.86. The van der Waals surface area contributed by atoms with Crippen molar-refractivity contribution in [3.63, 3.8) is 0 Å². The Kier molecular flexibility index (Phi) is 3.78. The fourth-order valence-electron chi connectivity index (χ4n) is 4.04. The molecule has 2 aliphatic rings. The van der Waals surface area contributed by atoms with E-state index in [2.05, 4.69) is 35.5 Å². The highest BCUT2D eigenvalue weighted by Crippen LogP contribution is 2.49. The molecule has 5 nitrogen and oxygen atoms in total. The van der Waals surface area contributed by atoms with Gasteiger partial charge in [0.2, 0.25) is 0 Å². The molecule has 0 aromatic carbocycles. The average molecular weight is 332 g/mol. The quantitative estimate of drug-likeness (QED) is 0.919. The molecule has 1 saturated heterocycles. The summed E-state index contributed by atoms with van der Waals surface area (Å²) >= 11 is 1.95. The Morgan fingerprint density at radius 1 is 1.48 bits per heavy atom. The van der Waals surface area contributed by atoms with E-state index in [9.17, 15) is 0 Å². The van der Waals surface area contributed by atoms with Gasteiger partial charge >= 0.3 is 0 Å². The molecule has 1 fully saturated rings. The number of aryl methyl sites for hydroxylation is 2. The first kappa shape index (κ1) is 15.3. The van der Waals surface area contributed by atoms with E-state index in [4.69, 9.17) is 4.74 Å². The number of piperidine rings is 1. The summed E-state index contributed by atoms with van der Waals surface area (Å²) in [6.07, 6.45) is 6.13. The van der Waals surface area contributed by atoms with Crippen LogP contribution in [-0.2, 0) is 30.2 Å². The summed E-state index contributed by atoms with van der Waals surface area (Å²) < 4.78 is 8.21. The lowest BCUT2D eigenvalue weighted by Crippen LogP contribution is -2.49. The second-order valence-corrected chi connectivity index (χ2v) is 8.00. The van der Waals surface area contributed by atoms with Gasteiger partial charge in [-0.2, -0.15) is 0 Å². The number of fused-ring (bicyclic) bond motifs is 2. The van der Waals surface area contributed by atoms with Gasteiger partial charge in [0.25, 0.3) is 0 Å². The van der Waals surface area contributed by atoms with Gasteiger partial charge in [0.15, 0.2) is 0 Å². The van der Waals surface area contributed by atoms with Crippen molar-refractivity contribution in [2.24, 2.45) is 7.05 Å². The van der Waals surface area contributed by atoms with E-state index >= 15 is 0 Å². The number of ether oxygens (including phenoxy) is 1. The van der Waals surface area contributed by atoms with Gasteiger partial charge in [0.1, 0.15) is 5.60 Å². The zero-order valence-corrected chi connectivity index (χ0v) is 14.8. The zero-order chi connectivity index (χ0) is 16.0. The van der Waals surface area contributed by atoms with E-state index < -0.39 is 0 Å². The Balaban J connectivity index is 1.71. The van der Waals surface area contributed by atoms with Crippen molar-refractivity contribution in [2.45, 2.75) is 57.2 Å². The lowest BCUT2D eigenvalue weighted by molar-refractivity contribution is -0.0957. The number of aromatic nitrogens is 3. The maximum atomic E-state index is 6.44. The molecule has 2 aromatic heterocycles. The predicted octanol–water partition coefficient (Wildman–Crippen LogP) is 2.72. The van der Waals surface area contributed by atoms with Crippen molar-refractivity contribution in [1.82, 2.24) is 20.3 Å². The maximum Gasteiger partial charge on any atom is 0.106 e. The maximum absolute atomic E-state index is 6.44. The topological polar surface area (TPSA) is 52.0 Å². The number of thiophene rings is 1. The molecule has 23 heavy (non-hydrogen) atoms. The van der Waals surface area contributed by atoms with Gasteiger partial charge in [-0.3, -0.25) is 4.68 Å². The minimum Gasteiger partial charge on any atom is -0.369 e. The SMILES string of the molecule is CCc1cc2c(s1)[C@]1(C[C@@H](c3cn(C)nn3)N[C@@H](C)C1)OCC2. The Morgan fingerprint density at radius 2 is 2.35 bits per heavy atom. The molecule has 4 heterocycles. The van der Waals surface area contributed by atoms with Gasteiger partial charge in [-0.1, -0.05) is 12.1 Å². The van der Waals surface area contributed by atoms with Crippen molar-refractivity contribution in [3.05, 3.63) is 33.3 Å². The van der Waals surface area contributed by atoms with Gasteiger partial charge in [-0.25, -0.2) is 0 Å². The molecule has 2 aromatic rings. The van der Waals surface area contributed by atoms with E-state index in [-0.39, 0.29) is 11.6 Å². The van der Waals surface area contributed by atoms with Crippen molar-refractivity contribution >= 4 is 11.3 Å². The van der Waals surface area contributed by atoms with Gasteiger partial charge in [0, 0.05) is 35.5 Å². The molecule has 0 saturated carbocycles. The minimum atomic E-state index is -0.154. The molecule has 0 aliphatic carbocycles. The Hall–Kier alpha value is -1.24. The van der Waals surface area contributed by atoms with E-state index in [1.807, 2.05) is 24.6 Å². The van der Waals surface area contributed by atoms with Crippen LogP contribution >= 0.6 is 11.3 Å². The number of nitrogens with one attached hydrogen (secondary N) is 1. The summed E-state index contributed by atoms with van der Waals surface area (Å²) in [7, 11) is 1.92. The molecule has 6 heteroatoms. The molecule has 4 rings (SSSR count). The van der Waals surface area contributed by atoms with Gasteiger partial charge in [0.05, 0.1) is 18.3 Å². The zero-order valence-electron chi connectivity index (χ0n) is 14.0. The largest absolute Gasteiger partial charge is 0.369 e. The van der Waals surface area contributed by atoms with Crippen LogP contribution in [0.4, 0.5) is 0 Å². The van der Waals surface area contributed by atoms with Gasteiger partial charge in [-0.15, -0.1) is 16.4 Å². The van der Waals surface area contributed by atoms with E-state index in [1.165, 1.54) is 15.3 Å². The number of hydrogen-bond donors (Lipinski definition) is 1. The summed E-state index contributed by atoms with van der Waals surface area (Å²) in [5.74, 6) is 0. The summed E-state index contributed by atoms with van der Waals surface area (Å²) in [6, 6.07) is 2.99. The van der Waals surface area contributed by atoms with E-state index in [1.54, 1.807) is 4.68 Å². The number of nitrogens with zero attached hydrogens (tertiary/aromatic N) is 3. The third kappa shape index (κ3) is 2.62. The molecule has 0 bridgehead atoms. The van der Waals surface area contributed by atoms with Crippen LogP contribution in [0.25, 0.3) is 0 Å². The molecule has 3 atom stereocenters. The average Bonchev–Trinajstić information content (AvgIpc) is 3.13. The standard InChI is InChI=1S/C17H24N4OS/c1-4-13-7-12-5-6-22-17(16(12)23-13)8-11(2)18-14(9-17)15-10-21(3)20-19-15/h7,10-11,14,18H,4-6,8-9H2,1-3H3/t11-,14-,17-/m0/s1. The van der Waals surface area contributed by atoms with Crippen molar-refractivity contribution in [2.75, 3.05) is 6.61 Å². The summed E-state index contributed by atoms with van der Waals surface area (Å²) in [5.41, 5.74) is 2.37. The first-order valence-electron chi connectivity index (χ1n) is 8.48. The highest BCUT2D eigenvalue weighted by Gasteiger charge is 2.46. The van der Waals surface area contributed by atoms with Crippen LogP contribution in [0, 0.1) is 0 Å². The fourth-order valence-corrected chi connectivity index (χ4v) is 5.35. The Bertz CT molecular complexity index is 709. The third-order valence-electron chi connectivity index (χ3n) is 5.00. The van der Waals surface area contributed by atoms with E-state index in [0.29, 0.717) is 6.04 Å². The second kappa shape index (κ2) is 5.69. The van der Waals surface area contributed by atoms with Crippen molar-refractivity contribution in [3.8, 4) is 0 Å². The minimum absolute atomic E-state index is 0.154. The molecule has 0 unspecified atom stereocenters. The van der Waals surface area contributed by atoms with Crippen LogP contribution in [0.1, 0.15) is 53.7 Å². The molecule has 124 valence electrons. The summed E-state index contributed by atoms with van der Waals surface area (Å²) in [4.78, 5) is 2.94. The van der Waals surface area contributed by atoms with Crippen LogP contribution in [0.15, 0.2) is 12.3 Å². The number of rotatable bonds is 2. The molecular weight excluding hydrogens is 308 g/mol. The molecule has 2 aliphatic heterocycles. The van der Waals surface area contributed by atoms with Crippen LogP contribution in [0.5, 0.6) is 0 Å². The third-order valence-corrected chi connectivity index (χ3v) is 6.51. The van der Waals surface area contributed by atoms with Gasteiger partial charge in [-0.05, 0) is 37.8 Å². The highest BCUT2D eigenvalue weighted by molar-refractivity contribution is 7.12. The van der Waals surface area contributed by atoms with Gasteiger partial charge < -0.3 is 10.1 Å². The molecule has 1 N–H and O–H groups in total. The van der Waals surface area contributed by atoms with Crippen LogP contribution in [0.3, 0.4) is 0 Å². The Morgan fingerprint density at radius 3 is 3.09 bits per heavy atom. The number of hydrogen-bond acceptors (Lipinski definition) is 5. The predicted molar refractivity (Wildman–Crippen MR) is 90.6 cm³/mol. The first-order valence-corrected chi connectivity index (χ1v) is 9.29.